The number of rotatable bonds is 6. The molecule has 2 aliphatic rings. The van der Waals surface area contributed by atoms with Crippen LogP contribution in [0.25, 0.3) is 6.08 Å². The summed E-state index contributed by atoms with van der Waals surface area (Å²) in [5.41, 5.74) is 1.99. The van der Waals surface area contributed by atoms with E-state index >= 15 is 0 Å². The Morgan fingerprint density at radius 3 is 2.72 bits per heavy atom. The number of esters is 1. The van der Waals surface area contributed by atoms with Crippen molar-refractivity contribution < 1.29 is 23.7 Å². The first-order valence-corrected chi connectivity index (χ1v) is 13.0. The predicted molar refractivity (Wildman–Crippen MR) is 138 cm³/mol. The van der Waals surface area contributed by atoms with Gasteiger partial charge in [0.2, 0.25) is 6.79 Å². The molecule has 5 rings (SSSR count). The van der Waals surface area contributed by atoms with Gasteiger partial charge >= 0.3 is 5.97 Å². The standard InChI is InChI=1S/C26H23BrN2O6S/c1-4-32-18-9-7-6-8-16(18)23-22(25(31)33-5-2)14(3)28-26-29(23)24(30)21(36-26)11-15-10-19-20(12-17(15)27)35-13-34-19/h6-12,23H,4-5,13H2,1-3H3/b21-11-/t23-/m0/s1. The van der Waals surface area contributed by atoms with Crippen LogP contribution in [0.15, 0.2) is 61.9 Å². The van der Waals surface area contributed by atoms with E-state index in [-0.39, 0.29) is 19.0 Å². The maximum Gasteiger partial charge on any atom is 0.338 e. The highest BCUT2D eigenvalue weighted by molar-refractivity contribution is 9.10. The molecule has 0 amide bonds. The van der Waals surface area contributed by atoms with Crippen LogP contribution in [0.4, 0.5) is 0 Å². The maximum atomic E-state index is 13.8. The van der Waals surface area contributed by atoms with Gasteiger partial charge in [0.25, 0.3) is 5.56 Å². The van der Waals surface area contributed by atoms with Crippen molar-refractivity contribution in [3.63, 3.8) is 0 Å². The van der Waals surface area contributed by atoms with E-state index in [0.717, 1.165) is 10.0 Å². The zero-order valence-corrected chi connectivity index (χ0v) is 22.3. The minimum absolute atomic E-state index is 0.155. The maximum absolute atomic E-state index is 13.8. The molecular formula is C26H23BrN2O6S. The lowest BCUT2D eigenvalue weighted by atomic mass is 9.95. The molecule has 1 aromatic heterocycles. The van der Waals surface area contributed by atoms with E-state index in [9.17, 15) is 9.59 Å². The lowest BCUT2D eigenvalue weighted by Gasteiger charge is -2.26. The summed E-state index contributed by atoms with van der Waals surface area (Å²) in [5.74, 6) is 1.33. The third kappa shape index (κ3) is 4.24. The van der Waals surface area contributed by atoms with Crippen LogP contribution in [-0.2, 0) is 9.53 Å². The molecule has 0 saturated carbocycles. The lowest BCUT2D eigenvalue weighted by Crippen LogP contribution is -2.40. The van der Waals surface area contributed by atoms with E-state index in [4.69, 9.17) is 18.9 Å². The van der Waals surface area contributed by atoms with E-state index in [0.29, 0.717) is 50.0 Å². The largest absolute Gasteiger partial charge is 0.494 e. The molecule has 186 valence electrons. The van der Waals surface area contributed by atoms with E-state index in [1.165, 1.54) is 11.3 Å². The number of nitrogens with zero attached hydrogens (tertiary/aromatic N) is 2. The van der Waals surface area contributed by atoms with Crippen molar-refractivity contribution in [1.82, 2.24) is 4.57 Å². The highest BCUT2D eigenvalue weighted by Crippen LogP contribution is 2.38. The number of fused-ring (bicyclic) bond motifs is 2. The Labute approximate surface area is 219 Å². The summed E-state index contributed by atoms with van der Waals surface area (Å²) in [4.78, 5) is 32.1. The molecular weight excluding hydrogens is 548 g/mol. The van der Waals surface area contributed by atoms with Crippen molar-refractivity contribution in [2.24, 2.45) is 4.99 Å². The van der Waals surface area contributed by atoms with Gasteiger partial charge in [0, 0.05) is 10.0 Å². The predicted octanol–water partition coefficient (Wildman–Crippen LogP) is 3.69. The Kier molecular flexibility index (Phi) is 6.72. The fourth-order valence-corrected chi connectivity index (χ4v) is 5.74. The molecule has 36 heavy (non-hydrogen) atoms. The lowest BCUT2D eigenvalue weighted by molar-refractivity contribution is -0.139. The van der Waals surface area contributed by atoms with Gasteiger partial charge in [0.1, 0.15) is 11.8 Å². The van der Waals surface area contributed by atoms with Gasteiger partial charge in [-0.2, -0.15) is 0 Å². The van der Waals surface area contributed by atoms with Gasteiger partial charge in [0.15, 0.2) is 16.3 Å². The fourth-order valence-electron chi connectivity index (χ4n) is 4.26. The summed E-state index contributed by atoms with van der Waals surface area (Å²) < 4.78 is 24.9. The molecule has 1 atom stereocenters. The molecule has 0 aliphatic carbocycles. The molecule has 0 spiro atoms. The molecule has 0 bridgehead atoms. The molecule has 8 nitrogen and oxygen atoms in total. The quantitative estimate of drug-likeness (QED) is 0.420. The van der Waals surface area contributed by atoms with Gasteiger partial charge in [-0.15, -0.1) is 0 Å². The Morgan fingerprint density at radius 2 is 1.97 bits per heavy atom. The van der Waals surface area contributed by atoms with Gasteiger partial charge in [-0.05, 0) is 50.6 Å². The minimum Gasteiger partial charge on any atom is -0.494 e. The van der Waals surface area contributed by atoms with Crippen LogP contribution < -0.4 is 29.1 Å². The number of halogens is 1. The highest BCUT2D eigenvalue weighted by atomic mass is 79.9. The number of para-hydroxylation sites is 1. The number of carbonyl (C=O) groups excluding carboxylic acids is 1. The number of benzene rings is 2. The van der Waals surface area contributed by atoms with Crippen LogP contribution >= 0.6 is 27.3 Å². The summed E-state index contributed by atoms with van der Waals surface area (Å²) >= 11 is 4.81. The number of ether oxygens (including phenoxy) is 4. The van der Waals surface area contributed by atoms with Crippen molar-refractivity contribution in [2.45, 2.75) is 26.8 Å². The summed E-state index contributed by atoms with van der Waals surface area (Å²) in [7, 11) is 0. The molecule has 0 saturated heterocycles. The van der Waals surface area contributed by atoms with Crippen LogP contribution in [0.5, 0.6) is 17.2 Å². The SMILES string of the molecule is CCOC(=O)C1=C(C)N=c2s/c(=C\c3cc4c(cc3Br)OCO4)c(=O)n2[C@H]1c1ccccc1OCC. The van der Waals surface area contributed by atoms with Crippen molar-refractivity contribution in [3.8, 4) is 17.2 Å². The van der Waals surface area contributed by atoms with Crippen LogP contribution in [0.1, 0.15) is 37.9 Å². The number of thiazole rings is 1. The van der Waals surface area contributed by atoms with E-state index in [1.54, 1.807) is 24.5 Å². The summed E-state index contributed by atoms with van der Waals surface area (Å²) in [6.45, 7) is 6.19. The zero-order chi connectivity index (χ0) is 25.4. The van der Waals surface area contributed by atoms with E-state index in [2.05, 4.69) is 20.9 Å². The first-order chi connectivity index (χ1) is 17.4. The number of aromatic nitrogens is 1. The number of hydrogen-bond donors (Lipinski definition) is 0. The molecule has 0 N–H and O–H groups in total. The van der Waals surface area contributed by atoms with Gasteiger partial charge < -0.3 is 18.9 Å². The van der Waals surface area contributed by atoms with Gasteiger partial charge in [-0.1, -0.05) is 45.5 Å². The molecule has 2 aliphatic heterocycles. The Morgan fingerprint density at radius 1 is 1.22 bits per heavy atom. The zero-order valence-electron chi connectivity index (χ0n) is 19.9. The highest BCUT2D eigenvalue weighted by Gasteiger charge is 2.35. The average Bonchev–Trinajstić information content (AvgIpc) is 3.42. The second-order valence-corrected chi connectivity index (χ2v) is 9.86. The van der Waals surface area contributed by atoms with Gasteiger partial charge in [-0.25, -0.2) is 9.79 Å². The third-order valence-corrected chi connectivity index (χ3v) is 7.48. The number of carbonyl (C=O) groups is 1. The Bertz CT molecular complexity index is 1570. The first-order valence-electron chi connectivity index (χ1n) is 11.4. The van der Waals surface area contributed by atoms with Crippen LogP contribution in [0.3, 0.4) is 0 Å². The van der Waals surface area contributed by atoms with Crippen LogP contribution in [0, 0.1) is 0 Å². The summed E-state index contributed by atoms with van der Waals surface area (Å²) in [6.07, 6.45) is 1.78. The number of allylic oxidation sites excluding steroid dienone is 1. The van der Waals surface area contributed by atoms with Crippen molar-refractivity contribution >= 4 is 39.3 Å². The molecule has 0 fully saturated rings. The molecule has 3 heterocycles. The normalized spacial score (nSPS) is 16.6. The van der Waals surface area contributed by atoms with Gasteiger partial charge in [0.05, 0.1) is 29.0 Å². The second kappa shape index (κ2) is 9.94. The minimum atomic E-state index is -0.745. The van der Waals surface area contributed by atoms with E-state index < -0.39 is 12.0 Å². The fraction of sp³-hybridized carbons (Fsp3) is 0.269. The summed E-state index contributed by atoms with van der Waals surface area (Å²) in [6, 6.07) is 10.3. The van der Waals surface area contributed by atoms with Crippen LogP contribution in [-0.4, -0.2) is 30.5 Å². The second-order valence-electron chi connectivity index (χ2n) is 8.00. The van der Waals surface area contributed by atoms with E-state index in [1.807, 2.05) is 43.3 Å². The van der Waals surface area contributed by atoms with Gasteiger partial charge in [-0.3, -0.25) is 9.36 Å². The summed E-state index contributed by atoms with van der Waals surface area (Å²) in [5, 5.41) is 0. The first kappa shape index (κ1) is 24.3. The Balaban J connectivity index is 1.73. The molecule has 0 unspecified atom stereocenters. The molecule has 0 radical (unpaired) electrons. The molecule has 3 aromatic rings. The van der Waals surface area contributed by atoms with Crippen molar-refractivity contribution in [2.75, 3.05) is 20.0 Å². The monoisotopic (exact) mass is 570 g/mol. The Hall–Kier alpha value is -3.37. The van der Waals surface area contributed by atoms with Crippen LogP contribution in [0.2, 0.25) is 0 Å². The topological polar surface area (TPSA) is 88.4 Å². The van der Waals surface area contributed by atoms with Crippen molar-refractivity contribution in [3.05, 3.63) is 83.0 Å². The average molecular weight is 571 g/mol. The molecule has 2 aromatic carbocycles. The number of hydrogen-bond acceptors (Lipinski definition) is 8. The molecule has 10 heteroatoms. The smallest absolute Gasteiger partial charge is 0.338 e. The third-order valence-electron chi connectivity index (χ3n) is 5.81. The van der Waals surface area contributed by atoms with Crippen molar-refractivity contribution in [1.29, 1.82) is 0 Å².